The second-order valence-electron chi connectivity index (χ2n) is 6.45. The Hall–Kier alpha value is 0. The van der Waals surface area contributed by atoms with Gasteiger partial charge >= 0.3 is 0 Å². The molecule has 0 aliphatic rings. The van der Waals surface area contributed by atoms with Gasteiger partial charge in [0.05, 0.1) is 0 Å². The van der Waals surface area contributed by atoms with Crippen molar-refractivity contribution in [3.8, 4) is 0 Å². The average Bonchev–Trinajstić information content (AvgIpc) is 2.38. The molecule has 0 aliphatic heterocycles. The van der Waals surface area contributed by atoms with Crippen LogP contribution in [0.1, 0.15) is 112 Å². The lowest BCUT2D eigenvalue weighted by Gasteiger charge is -2.10. The van der Waals surface area contributed by atoms with Crippen LogP contribution in [0.4, 0.5) is 0 Å². The molecule has 0 N–H and O–H groups in total. The molecule has 0 heteroatoms. The standard InChI is InChI=1S/C10H22.C9H20/c1-4-5-6-7-8-9-10(2)3;1-4-7-9(6-3)8-5-2/h10H,4-9H2,1-3H3;9H,4-8H2,1-3H3. The average molecular weight is 271 g/mol. The van der Waals surface area contributed by atoms with Crippen molar-refractivity contribution in [2.75, 3.05) is 0 Å². The van der Waals surface area contributed by atoms with Crippen LogP contribution in [0.25, 0.3) is 0 Å². The van der Waals surface area contributed by atoms with Gasteiger partial charge in [-0.3, -0.25) is 0 Å². The van der Waals surface area contributed by atoms with E-state index in [-0.39, 0.29) is 0 Å². The maximum atomic E-state index is 2.31. The van der Waals surface area contributed by atoms with Gasteiger partial charge in [-0.05, 0) is 11.8 Å². The van der Waals surface area contributed by atoms with Gasteiger partial charge in [0.2, 0.25) is 0 Å². The van der Waals surface area contributed by atoms with Crippen LogP contribution in [-0.2, 0) is 0 Å². The van der Waals surface area contributed by atoms with Crippen LogP contribution in [0, 0.1) is 11.8 Å². The second-order valence-corrected chi connectivity index (χ2v) is 6.45. The van der Waals surface area contributed by atoms with Gasteiger partial charge in [0.25, 0.3) is 0 Å². The smallest absolute Gasteiger partial charge is 0.0417 e. The molecule has 0 rings (SSSR count). The van der Waals surface area contributed by atoms with E-state index in [1.54, 1.807) is 0 Å². The third kappa shape index (κ3) is 20.5. The number of unbranched alkanes of at least 4 members (excludes halogenated alkanes) is 4. The van der Waals surface area contributed by atoms with Crippen LogP contribution >= 0.6 is 0 Å². The molecule has 0 radical (unpaired) electrons. The van der Waals surface area contributed by atoms with Crippen molar-refractivity contribution in [1.29, 1.82) is 0 Å². The fourth-order valence-electron chi connectivity index (χ4n) is 2.53. The highest BCUT2D eigenvalue weighted by atomic mass is 14.1. The zero-order valence-electron chi connectivity index (χ0n) is 14.9. The molecule has 0 unspecified atom stereocenters. The molecule has 0 saturated heterocycles. The van der Waals surface area contributed by atoms with E-state index >= 15 is 0 Å². The molecule has 0 amide bonds. The summed E-state index contributed by atoms with van der Waals surface area (Å²) in [7, 11) is 0. The summed E-state index contributed by atoms with van der Waals surface area (Å²) in [6.45, 7) is 13.7. The summed E-state index contributed by atoms with van der Waals surface area (Å²) in [6, 6.07) is 0. The van der Waals surface area contributed by atoms with Crippen molar-refractivity contribution < 1.29 is 0 Å². The molecule has 0 fully saturated rings. The van der Waals surface area contributed by atoms with Gasteiger partial charge in [-0.25, -0.2) is 0 Å². The van der Waals surface area contributed by atoms with Crippen molar-refractivity contribution in [1.82, 2.24) is 0 Å². The van der Waals surface area contributed by atoms with E-state index in [1.807, 2.05) is 0 Å². The van der Waals surface area contributed by atoms with Crippen LogP contribution < -0.4 is 0 Å². The van der Waals surface area contributed by atoms with Gasteiger partial charge in [-0.2, -0.15) is 0 Å². The Balaban J connectivity index is 0. The molecule has 19 heavy (non-hydrogen) atoms. The van der Waals surface area contributed by atoms with Crippen LogP contribution in [0.5, 0.6) is 0 Å². The molecule has 0 bridgehead atoms. The van der Waals surface area contributed by atoms with Gasteiger partial charge in [0.15, 0.2) is 0 Å². The largest absolute Gasteiger partial charge is 0.0654 e. The van der Waals surface area contributed by atoms with E-state index in [1.165, 1.54) is 70.6 Å². The van der Waals surface area contributed by atoms with Crippen LogP contribution in [-0.4, -0.2) is 0 Å². The monoisotopic (exact) mass is 270 g/mol. The molecule has 0 aliphatic carbocycles. The van der Waals surface area contributed by atoms with E-state index in [0.717, 1.165) is 11.8 Å². The summed E-state index contributed by atoms with van der Waals surface area (Å²) in [5, 5.41) is 0. The minimum atomic E-state index is 0.904. The topological polar surface area (TPSA) is 0 Å². The van der Waals surface area contributed by atoms with Crippen molar-refractivity contribution in [2.24, 2.45) is 11.8 Å². The summed E-state index contributed by atoms with van der Waals surface area (Å²) in [5.41, 5.74) is 0. The molecule has 0 saturated carbocycles. The SMILES string of the molecule is CCCC(CC)CCC.CCCCCCCC(C)C. The van der Waals surface area contributed by atoms with Crippen molar-refractivity contribution in [3.05, 3.63) is 0 Å². The lowest BCUT2D eigenvalue weighted by atomic mass is 9.96. The normalized spacial score (nSPS) is 10.7. The van der Waals surface area contributed by atoms with Gasteiger partial charge in [0, 0.05) is 0 Å². The summed E-state index contributed by atoms with van der Waals surface area (Å²) < 4.78 is 0. The Morgan fingerprint density at radius 3 is 1.47 bits per heavy atom. The molecule has 0 aromatic rings. The third-order valence-corrected chi connectivity index (χ3v) is 3.86. The second kappa shape index (κ2) is 18.0. The highest BCUT2D eigenvalue weighted by Crippen LogP contribution is 2.16. The van der Waals surface area contributed by atoms with E-state index in [9.17, 15) is 0 Å². The minimum Gasteiger partial charge on any atom is -0.0654 e. The van der Waals surface area contributed by atoms with Crippen molar-refractivity contribution in [3.63, 3.8) is 0 Å². The highest BCUT2D eigenvalue weighted by Gasteiger charge is 2.01. The van der Waals surface area contributed by atoms with Gasteiger partial charge in [-0.15, -0.1) is 0 Å². The molecular formula is C19H42. The molecule has 0 aromatic carbocycles. The Bertz CT molecular complexity index is 131. The lowest BCUT2D eigenvalue weighted by molar-refractivity contribution is 0.427. The maximum Gasteiger partial charge on any atom is -0.0417 e. The van der Waals surface area contributed by atoms with Gasteiger partial charge < -0.3 is 0 Å². The molecule has 0 nitrogen and oxygen atoms in total. The highest BCUT2D eigenvalue weighted by molar-refractivity contribution is 4.54. The van der Waals surface area contributed by atoms with E-state index in [0.29, 0.717) is 0 Å². The number of rotatable bonds is 11. The van der Waals surface area contributed by atoms with Crippen LogP contribution in [0.2, 0.25) is 0 Å². The predicted octanol–water partition coefficient (Wildman–Crippen LogP) is 7.62. The maximum absolute atomic E-state index is 2.31. The Morgan fingerprint density at radius 2 is 1.11 bits per heavy atom. The molecule has 0 spiro atoms. The minimum absolute atomic E-state index is 0.904. The molecular weight excluding hydrogens is 228 g/mol. The van der Waals surface area contributed by atoms with E-state index < -0.39 is 0 Å². The van der Waals surface area contributed by atoms with Gasteiger partial charge in [0.1, 0.15) is 0 Å². The first-order valence-electron chi connectivity index (χ1n) is 9.12. The first kappa shape index (κ1) is 21.3. The van der Waals surface area contributed by atoms with E-state index in [2.05, 4.69) is 41.5 Å². The molecule has 0 atom stereocenters. The Morgan fingerprint density at radius 1 is 0.579 bits per heavy atom. The summed E-state index contributed by atoms with van der Waals surface area (Å²) in [6.07, 6.45) is 15.5. The number of hydrogen-bond acceptors (Lipinski definition) is 0. The third-order valence-electron chi connectivity index (χ3n) is 3.86. The number of hydrogen-bond donors (Lipinski definition) is 0. The molecule has 0 aromatic heterocycles. The first-order chi connectivity index (χ1) is 9.12. The molecule has 0 heterocycles. The first-order valence-corrected chi connectivity index (χ1v) is 9.12. The quantitative estimate of drug-likeness (QED) is 0.339. The summed E-state index contributed by atoms with van der Waals surface area (Å²) >= 11 is 0. The van der Waals surface area contributed by atoms with E-state index in [4.69, 9.17) is 0 Å². The van der Waals surface area contributed by atoms with Crippen LogP contribution in [0.3, 0.4) is 0 Å². The van der Waals surface area contributed by atoms with Crippen molar-refractivity contribution in [2.45, 2.75) is 112 Å². The fourth-order valence-corrected chi connectivity index (χ4v) is 2.53. The Labute approximate surface area is 124 Å². The predicted molar refractivity (Wildman–Crippen MR) is 91.8 cm³/mol. The summed E-state index contributed by atoms with van der Waals surface area (Å²) in [5.74, 6) is 1.92. The van der Waals surface area contributed by atoms with Crippen LogP contribution in [0.15, 0.2) is 0 Å². The van der Waals surface area contributed by atoms with Crippen molar-refractivity contribution >= 4 is 0 Å². The summed E-state index contributed by atoms with van der Waals surface area (Å²) in [4.78, 5) is 0. The zero-order chi connectivity index (χ0) is 14.9. The zero-order valence-corrected chi connectivity index (χ0v) is 14.9. The fraction of sp³-hybridized carbons (Fsp3) is 1.00. The van der Waals surface area contributed by atoms with Gasteiger partial charge in [-0.1, -0.05) is 112 Å². The Kier molecular flexibility index (Phi) is 20.2. The molecule has 118 valence electrons. The lowest BCUT2D eigenvalue weighted by Crippen LogP contribution is -1.96.